The summed E-state index contributed by atoms with van der Waals surface area (Å²) in [4.78, 5) is 44.9. The Bertz CT molecular complexity index is 1060. The fraction of sp³-hybridized carbons (Fsp3) is 0.483. The van der Waals surface area contributed by atoms with Crippen LogP contribution in [0.25, 0.3) is 0 Å². The molecule has 37 heavy (non-hydrogen) atoms. The highest BCUT2D eigenvalue weighted by Crippen LogP contribution is 2.28. The number of carbonyl (C=O) groups is 3. The molecule has 1 aliphatic heterocycles. The maximum absolute atomic E-state index is 13.5. The standard InChI is InChI=1S/C29H40N4O4/c1-5-24(22-12-9-8-10-13-22)28(35)33-17-11-16-32(18-19-33)26-15-14-23(30-27(34)21-37-4)20-25(26)29(36)31(6-2)7-3/h8-10,12-15,20,24H,5-7,11,16-19,21H2,1-4H3,(H,30,34)/t24-/m0/s1. The molecule has 0 radical (unpaired) electrons. The molecule has 0 aliphatic carbocycles. The summed E-state index contributed by atoms with van der Waals surface area (Å²) < 4.78 is 4.91. The molecule has 3 amide bonds. The van der Waals surface area contributed by atoms with Gasteiger partial charge in [0.2, 0.25) is 11.8 Å². The molecule has 0 saturated carbocycles. The van der Waals surface area contributed by atoms with E-state index in [1.54, 1.807) is 11.0 Å². The number of nitrogens with zero attached hydrogens (tertiary/aromatic N) is 3. The second-order valence-electron chi connectivity index (χ2n) is 9.23. The van der Waals surface area contributed by atoms with E-state index in [1.165, 1.54) is 7.11 Å². The highest BCUT2D eigenvalue weighted by molar-refractivity contribution is 6.02. The average Bonchev–Trinajstić information content (AvgIpc) is 3.17. The van der Waals surface area contributed by atoms with Crippen molar-refractivity contribution in [2.45, 2.75) is 39.5 Å². The van der Waals surface area contributed by atoms with E-state index in [2.05, 4.69) is 17.1 Å². The summed E-state index contributed by atoms with van der Waals surface area (Å²) in [6.07, 6.45) is 1.56. The van der Waals surface area contributed by atoms with Crippen LogP contribution in [0.5, 0.6) is 0 Å². The van der Waals surface area contributed by atoms with Crippen LogP contribution in [0, 0.1) is 0 Å². The van der Waals surface area contributed by atoms with Crippen molar-refractivity contribution in [2.24, 2.45) is 0 Å². The summed E-state index contributed by atoms with van der Waals surface area (Å²) in [5, 5.41) is 2.81. The van der Waals surface area contributed by atoms with Crippen LogP contribution in [0.15, 0.2) is 48.5 Å². The van der Waals surface area contributed by atoms with Crippen molar-refractivity contribution in [3.8, 4) is 0 Å². The molecule has 2 aromatic rings. The van der Waals surface area contributed by atoms with Gasteiger partial charge in [-0.1, -0.05) is 37.3 Å². The highest BCUT2D eigenvalue weighted by Gasteiger charge is 2.28. The first-order valence-electron chi connectivity index (χ1n) is 13.2. The van der Waals surface area contributed by atoms with Gasteiger partial charge in [-0.05, 0) is 50.5 Å². The molecule has 8 nitrogen and oxygen atoms in total. The maximum Gasteiger partial charge on any atom is 0.256 e. The zero-order valence-corrected chi connectivity index (χ0v) is 22.5. The Labute approximate surface area is 220 Å². The van der Waals surface area contributed by atoms with Crippen molar-refractivity contribution < 1.29 is 19.1 Å². The van der Waals surface area contributed by atoms with Crippen LogP contribution in [0.4, 0.5) is 11.4 Å². The summed E-state index contributed by atoms with van der Waals surface area (Å²) in [7, 11) is 1.47. The Morgan fingerprint density at radius 2 is 1.70 bits per heavy atom. The second-order valence-corrected chi connectivity index (χ2v) is 9.23. The quantitative estimate of drug-likeness (QED) is 0.525. The number of methoxy groups -OCH3 is 1. The third-order valence-corrected chi connectivity index (χ3v) is 6.89. The van der Waals surface area contributed by atoms with Gasteiger partial charge in [-0.3, -0.25) is 14.4 Å². The van der Waals surface area contributed by atoms with Crippen molar-refractivity contribution in [3.63, 3.8) is 0 Å². The van der Waals surface area contributed by atoms with Gasteiger partial charge in [-0.25, -0.2) is 0 Å². The van der Waals surface area contributed by atoms with Crippen LogP contribution in [-0.4, -0.2) is 80.5 Å². The summed E-state index contributed by atoms with van der Waals surface area (Å²) in [5.74, 6) is -0.340. The molecule has 1 atom stereocenters. The van der Waals surface area contributed by atoms with Crippen LogP contribution in [0.3, 0.4) is 0 Å². The molecule has 1 aliphatic rings. The zero-order valence-electron chi connectivity index (χ0n) is 22.5. The van der Waals surface area contributed by atoms with Gasteiger partial charge in [0.05, 0.1) is 11.5 Å². The Morgan fingerprint density at radius 1 is 0.973 bits per heavy atom. The lowest BCUT2D eigenvalue weighted by atomic mass is 9.95. The van der Waals surface area contributed by atoms with Crippen LogP contribution in [0.2, 0.25) is 0 Å². The van der Waals surface area contributed by atoms with E-state index in [0.29, 0.717) is 44.0 Å². The van der Waals surface area contributed by atoms with E-state index in [-0.39, 0.29) is 30.2 Å². The first kappa shape index (κ1) is 28.2. The van der Waals surface area contributed by atoms with E-state index >= 15 is 0 Å². The monoisotopic (exact) mass is 508 g/mol. The Balaban J connectivity index is 1.83. The van der Waals surface area contributed by atoms with Gasteiger partial charge in [-0.2, -0.15) is 0 Å². The molecule has 8 heteroatoms. The van der Waals surface area contributed by atoms with Gasteiger partial charge in [0.1, 0.15) is 6.61 Å². The molecule has 1 heterocycles. The van der Waals surface area contributed by atoms with Crippen LogP contribution < -0.4 is 10.2 Å². The number of carbonyl (C=O) groups excluding carboxylic acids is 3. The normalized spacial score (nSPS) is 14.6. The van der Waals surface area contributed by atoms with Crippen LogP contribution >= 0.6 is 0 Å². The predicted molar refractivity (Wildman–Crippen MR) is 147 cm³/mol. The number of amides is 3. The predicted octanol–water partition coefficient (Wildman–Crippen LogP) is 3.99. The SMILES string of the molecule is CC[C@H](C(=O)N1CCCN(c2ccc(NC(=O)COC)cc2C(=O)N(CC)CC)CC1)c1ccccc1. The Kier molecular flexibility index (Phi) is 10.5. The van der Waals surface area contributed by atoms with Crippen LogP contribution in [-0.2, 0) is 14.3 Å². The molecule has 0 aromatic heterocycles. The largest absolute Gasteiger partial charge is 0.375 e. The van der Waals surface area contributed by atoms with Crippen molar-refractivity contribution in [1.29, 1.82) is 0 Å². The van der Waals surface area contributed by atoms with Gasteiger partial charge in [0, 0.05) is 57.8 Å². The molecule has 200 valence electrons. The average molecular weight is 509 g/mol. The molecule has 1 fully saturated rings. The van der Waals surface area contributed by atoms with E-state index in [0.717, 1.165) is 30.6 Å². The van der Waals surface area contributed by atoms with E-state index in [1.807, 2.05) is 61.2 Å². The molecule has 3 rings (SSSR count). The summed E-state index contributed by atoms with van der Waals surface area (Å²) in [5.41, 5.74) is 2.98. The van der Waals surface area contributed by atoms with Crippen molar-refractivity contribution in [2.75, 3.05) is 63.2 Å². The minimum atomic E-state index is -0.274. The number of hydrogen-bond donors (Lipinski definition) is 1. The highest BCUT2D eigenvalue weighted by atomic mass is 16.5. The smallest absolute Gasteiger partial charge is 0.256 e. The Hall–Kier alpha value is -3.39. The molecule has 1 N–H and O–H groups in total. The third-order valence-electron chi connectivity index (χ3n) is 6.89. The number of anilines is 2. The summed E-state index contributed by atoms with van der Waals surface area (Å²) >= 11 is 0. The second kappa shape index (κ2) is 13.8. The Morgan fingerprint density at radius 3 is 2.35 bits per heavy atom. The molecule has 0 bridgehead atoms. The van der Waals surface area contributed by atoms with Gasteiger partial charge in [0.25, 0.3) is 5.91 Å². The molecular formula is C29H40N4O4. The third kappa shape index (κ3) is 7.10. The van der Waals surface area contributed by atoms with Gasteiger partial charge >= 0.3 is 0 Å². The van der Waals surface area contributed by atoms with Gasteiger partial charge < -0.3 is 24.8 Å². The molecular weight excluding hydrogens is 468 g/mol. The topological polar surface area (TPSA) is 82.2 Å². The first-order valence-corrected chi connectivity index (χ1v) is 13.2. The van der Waals surface area contributed by atoms with Gasteiger partial charge in [0.15, 0.2) is 0 Å². The lowest BCUT2D eigenvalue weighted by Crippen LogP contribution is -2.38. The number of benzene rings is 2. The number of ether oxygens (including phenoxy) is 1. The number of hydrogen-bond acceptors (Lipinski definition) is 5. The van der Waals surface area contributed by atoms with Crippen molar-refractivity contribution >= 4 is 29.1 Å². The molecule has 1 saturated heterocycles. The van der Waals surface area contributed by atoms with Crippen LogP contribution in [0.1, 0.15) is 55.5 Å². The fourth-order valence-electron chi connectivity index (χ4n) is 4.91. The molecule has 0 unspecified atom stereocenters. The minimum absolute atomic E-state index is 0.0567. The zero-order chi connectivity index (χ0) is 26.8. The van der Waals surface area contributed by atoms with E-state index in [4.69, 9.17) is 4.74 Å². The molecule has 0 spiro atoms. The van der Waals surface area contributed by atoms with E-state index in [9.17, 15) is 14.4 Å². The van der Waals surface area contributed by atoms with Crippen molar-refractivity contribution in [1.82, 2.24) is 9.80 Å². The summed E-state index contributed by atoms with van der Waals surface area (Å²) in [6, 6.07) is 15.4. The lowest BCUT2D eigenvalue weighted by Gasteiger charge is -2.29. The molecule has 2 aromatic carbocycles. The summed E-state index contributed by atoms with van der Waals surface area (Å²) in [6.45, 7) is 9.73. The first-order chi connectivity index (χ1) is 17.9. The minimum Gasteiger partial charge on any atom is -0.375 e. The number of nitrogens with one attached hydrogen (secondary N) is 1. The fourth-order valence-corrected chi connectivity index (χ4v) is 4.91. The lowest BCUT2D eigenvalue weighted by molar-refractivity contribution is -0.132. The van der Waals surface area contributed by atoms with Crippen molar-refractivity contribution in [3.05, 3.63) is 59.7 Å². The number of rotatable bonds is 10. The van der Waals surface area contributed by atoms with Gasteiger partial charge in [-0.15, -0.1) is 0 Å². The maximum atomic E-state index is 13.5. The van der Waals surface area contributed by atoms with E-state index < -0.39 is 0 Å².